The van der Waals surface area contributed by atoms with Crippen molar-refractivity contribution in [2.45, 2.75) is 39.3 Å². The monoisotopic (exact) mass is 306 g/mol. The highest BCUT2D eigenvalue weighted by molar-refractivity contribution is 5.89. The molecule has 1 saturated heterocycles. The summed E-state index contributed by atoms with van der Waals surface area (Å²) in [5, 5.41) is 13.2. The van der Waals surface area contributed by atoms with Crippen LogP contribution in [0, 0.1) is 5.92 Å². The highest BCUT2D eigenvalue weighted by atomic mass is 16.6. The van der Waals surface area contributed by atoms with E-state index in [4.69, 9.17) is 4.74 Å². The zero-order valence-corrected chi connectivity index (χ0v) is 13.6. The number of benzene rings is 1. The molecule has 5 nitrogen and oxygen atoms in total. The first-order chi connectivity index (χ1) is 10.5. The zero-order valence-electron chi connectivity index (χ0n) is 13.6. The van der Waals surface area contributed by atoms with Crippen molar-refractivity contribution in [1.82, 2.24) is 5.32 Å². The highest BCUT2D eigenvalue weighted by Gasteiger charge is 2.23. The van der Waals surface area contributed by atoms with Gasteiger partial charge in [0.25, 0.3) is 0 Å². The number of ether oxygens (including phenoxy) is 1. The lowest BCUT2D eigenvalue weighted by Crippen LogP contribution is -2.26. The molecule has 2 N–H and O–H groups in total. The third-order valence-corrected chi connectivity index (χ3v) is 4.10. The van der Waals surface area contributed by atoms with E-state index < -0.39 is 0 Å². The molecular formula is C17H26N2O3. The van der Waals surface area contributed by atoms with Gasteiger partial charge < -0.3 is 15.2 Å². The number of carbonyl (C=O) groups excluding carboxylic acids is 1. The van der Waals surface area contributed by atoms with Crippen molar-refractivity contribution in [3.63, 3.8) is 0 Å². The van der Waals surface area contributed by atoms with Crippen molar-refractivity contribution >= 4 is 11.8 Å². The van der Waals surface area contributed by atoms with E-state index in [0.717, 1.165) is 24.2 Å². The van der Waals surface area contributed by atoms with Crippen molar-refractivity contribution in [1.29, 1.82) is 0 Å². The van der Waals surface area contributed by atoms with Gasteiger partial charge in [0.15, 0.2) is 0 Å². The van der Waals surface area contributed by atoms with Crippen molar-refractivity contribution in [2.75, 3.05) is 24.6 Å². The minimum atomic E-state index is -0.280. The van der Waals surface area contributed by atoms with Gasteiger partial charge in [0.2, 0.25) is 0 Å². The zero-order chi connectivity index (χ0) is 16.1. The second-order valence-corrected chi connectivity index (χ2v) is 6.14. The Morgan fingerprint density at radius 3 is 2.77 bits per heavy atom. The normalized spacial score (nSPS) is 17.7. The van der Waals surface area contributed by atoms with E-state index in [-0.39, 0.29) is 24.2 Å². The molecule has 5 heteroatoms. The quantitative estimate of drug-likeness (QED) is 0.813. The van der Waals surface area contributed by atoms with Crippen LogP contribution in [0.25, 0.3) is 0 Å². The molecule has 122 valence electrons. The van der Waals surface area contributed by atoms with E-state index >= 15 is 0 Å². The lowest BCUT2D eigenvalue weighted by Gasteiger charge is -2.20. The molecule has 0 bridgehead atoms. The van der Waals surface area contributed by atoms with Crippen LogP contribution in [0.5, 0.6) is 0 Å². The van der Waals surface area contributed by atoms with E-state index in [9.17, 15) is 9.90 Å². The number of aliphatic hydroxyl groups is 1. The first-order valence-electron chi connectivity index (χ1n) is 7.94. The van der Waals surface area contributed by atoms with Gasteiger partial charge in [-0.2, -0.15) is 0 Å². The van der Waals surface area contributed by atoms with Crippen LogP contribution in [0.2, 0.25) is 0 Å². The van der Waals surface area contributed by atoms with Crippen molar-refractivity contribution in [3.05, 3.63) is 29.8 Å². The second-order valence-electron chi connectivity index (χ2n) is 6.14. The van der Waals surface area contributed by atoms with E-state index in [1.807, 2.05) is 38.1 Å². The van der Waals surface area contributed by atoms with Gasteiger partial charge >= 0.3 is 6.09 Å². The number of hydrogen-bond acceptors (Lipinski definition) is 4. The molecule has 1 fully saturated rings. The summed E-state index contributed by atoms with van der Waals surface area (Å²) in [5.41, 5.74) is 1.99. The van der Waals surface area contributed by atoms with Crippen LogP contribution in [-0.4, -0.2) is 37.0 Å². The lowest BCUT2D eigenvalue weighted by atomic mass is 10.0. The minimum absolute atomic E-state index is 0.165. The van der Waals surface area contributed by atoms with E-state index in [2.05, 4.69) is 12.2 Å². The smallest absolute Gasteiger partial charge is 0.414 e. The summed E-state index contributed by atoms with van der Waals surface area (Å²) in [6.07, 6.45) is 0.184. The summed E-state index contributed by atoms with van der Waals surface area (Å²) in [5.74, 6) is 0.279. The van der Waals surface area contributed by atoms with Crippen LogP contribution in [0.1, 0.15) is 38.8 Å². The highest BCUT2D eigenvalue weighted by Crippen LogP contribution is 2.23. The SMILES string of the molecule is CC(NCCC(O)C(C)C)c1cccc(N2CCOC2=O)c1. The van der Waals surface area contributed by atoms with Crippen LogP contribution in [0.4, 0.5) is 10.5 Å². The van der Waals surface area contributed by atoms with Gasteiger partial charge in [-0.05, 0) is 43.5 Å². The molecule has 2 rings (SSSR count). The predicted octanol–water partition coefficient (Wildman–Crippen LogP) is 2.70. The van der Waals surface area contributed by atoms with Gasteiger partial charge in [0.05, 0.1) is 12.6 Å². The molecule has 2 atom stereocenters. The number of rotatable bonds is 7. The third kappa shape index (κ3) is 4.21. The molecule has 0 saturated carbocycles. The standard InChI is InChI=1S/C17H26N2O3/c1-12(2)16(20)7-8-18-13(3)14-5-4-6-15(11-14)19-9-10-22-17(19)21/h4-6,11-13,16,18,20H,7-10H2,1-3H3. The number of nitrogens with zero attached hydrogens (tertiary/aromatic N) is 1. The summed E-state index contributed by atoms with van der Waals surface area (Å²) >= 11 is 0. The van der Waals surface area contributed by atoms with Crippen molar-refractivity contribution < 1.29 is 14.6 Å². The Morgan fingerprint density at radius 2 is 2.14 bits per heavy atom. The molecule has 0 spiro atoms. The fraction of sp³-hybridized carbons (Fsp3) is 0.588. The molecule has 1 aliphatic heterocycles. The number of nitrogens with one attached hydrogen (secondary N) is 1. The van der Waals surface area contributed by atoms with Gasteiger partial charge in [-0.15, -0.1) is 0 Å². The van der Waals surface area contributed by atoms with Crippen molar-refractivity contribution in [2.24, 2.45) is 5.92 Å². The van der Waals surface area contributed by atoms with Crippen LogP contribution < -0.4 is 10.2 Å². The van der Waals surface area contributed by atoms with Crippen LogP contribution in [0.15, 0.2) is 24.3 Å². The molecule has 0 aromatic heterocycles. The Bertz CT molecular complexity index is 504. The third-order valence-electron chi connectivity index (χ3n) is 4.10. The molecular weight excluding hydrogens is 280 g/mol. The number of carbonyl (C=O) groups is 1. The number of cyclic esters (lactones) is 1. The molecule has 1 aliphatic rings. The summed E-state index contributed by atoms with van der Waals surface area (Å²) in [6, 6.07) is 8.10. The molecule has 1 aromatic carbocycles. The molecule has 2 unspecified atom stereocenters. The maximum atomic E-state index is 11.6. The topological polar surface area (TPSA) is 61.8 Å². The van der Waals surface area contributed by atoms with Crippen LogP contribution in [-0.2, 0) is 4.74 Å². The maximum absolute atomic E-state index is 11.6. The summed E-state index contributed by atoms with van der Waals surface area (Å²) in [6.45, 7) is 7.94. The average molecular weight is 306 g/mol. The van der Waals surface area contributed by atoms with E-state index in [0.29, 0.717) is 13.2 Å². The van der Waals surface area contributed by atoms with E-state index in [1.54, 1.807) is 4.90 Å². The summed E-state index contributed by atoms with van der Waals surface area (Å²) in [4.78, 5) is 13.3. The largest absolute Gasteiger partial charge is 0.447 e. The molecule has 0 radical (unpaired) electrons. The van der Waals surface area contributed by atoms with Gasteiger partial charge in [-0.25, -0.2) is 4.79 Å². The Morgan fingerprint density at radius 1 is 1.36 bits per heavy atom. The summed E-state index contributed by atoms with van der Waals surface area (Å²) in [7, 11) is 0. The van der Waals surface area contributed by atoms with Crippen LogP contribution >= 0.6 is 0 Å². The van der Waals surface area contributed by atoms with E-state index in [1.165, 1.54) is 0 Å². The fourth-order valence-corrected chi connectivity index (χ4v) is 2.49. The van der Waals surface area contributed by atoms with Gasteiger partial charge in [-0.1, -0.05) is 26.0 Å². The summed E-state index contributed by atoms with van der Waals surface area (Å²) < 4.78 is 4.98. The fourth-order valence-electron chi connectivity index (χ4n) is 2.49. The Balaban J connectivity index is 1.92. The predicted molar refractivity (Wildman–Crippen MR) is 87.0 cm³/mol. The lowest BCUT2D eigenvalue weighted by molar-refractivity contribution is 0.115. The first-order valence-corrected chi connectivity index (χ1v) is 7.94. The number of amides is 1. The molecule has 1 heterocycles. The minimum Gasteiger partial charge on any atom is -0.447 e. The number of hydrogen-bond donors (Lipinski definition) is 2. The molecule has 0 aliphatic carbocycles. The Kier molecular flexibility index (Phi) is 5.80. The van der Waals surface area contributed by atoms with Gasteiger partial charge in [0, 0.05) is 11.7 Å². The van der Waals surface area contributed by atoms with Crippen molar-refractivity contribution in [3.8, 4) is 0 Å². The van der Waals surface area contributed by atoms with Crippen LogP contribution in [0.3, 0.4) is 0 Å². The Hall–Kier alpha value is -1.59. The number of anilines is 1. The van der Waals surface area contributed by atoms with Gasteiger partial charge in [0.1, 0.15) is 6.61 Å². The molecule has 1 aromatic rings. The average Bonchev–Trinajstić information content (AvgIpc) is 2.93. The molecule has 22 heavy (non-hydrogen) atoms. The molecule has 1 amide bonds. The van der Waals surface area contributed by atoms with Gasteiger partial charge in [-0.3, -0.25) is 4.90 Å². The second kappa shape index (κ2) is 7.61. The first kappa shape index (κ1) is 16.8. The Labute approximate surface area is 132 Å². The maximum Gasteiger partial charge on any atom is 0.414 e. The number of aliphatic hydroxyl groups excluding tert-OH is 1.